The van der Waals surface area contributed by atoms with Gasteiger partial charge in [0.05, 0.1) is 12.7 Å². The highest BCUT2D eigenvalue weighted by Gasteiger charge is 2.13. The fourth-order valence-corrected chi connectivity index (χ4v) is 2.43. The summed E-state index contributed by atoms with van der Waals surface area (Å²) in [5, 5.41) is 5.54. The molecule has 6 heteroatoms. The lowest BCUT2D eigenvalue weighted by atomic mass is 10.2. The summed E-state index contributed by atoms with van der Waals surface area (Å²) >= 11 is 0. The number of nitrogens with one attached hydrogen (secondary N) is 2. The molecule has 1 aromatic rings. The van der Waals surface area contributed by atoms with Gasteiger partial charge in [0.25, 0.3) is 0 Å². The maximum Gasteiger partial charge on any atom is 0.337 e. The first-order valence-electron chi connectivity index (χ1n) is 7.84. The van der Waals surface area contributed by atoms with Crippen LogP contribution in [0.1, 0.15) is 38.1 Å². The van der Waals surface area contributed by atoms with Crippen molar-refractivity contribution in [2.24, 2.45) is 0 Å². The second-order valence-corrected chi connectivity index (χ2v) is 5.88. The summed E-state index contributed by atoms with van der Waals surface area (Å²) in [7, 11) is 1.32. The van der Waals surface area contributed by atoms with Crippen molar-refractivity contribution in [3.63, 3.8) is 0 Å². The van der Waals surface area contributed by atoms with E-state index in [1.807, 2.05) is 0 Å². The number of rotatable bonds is 7. The van der Waals surface area contributed by atoms with Crippen LogP contribution in [0.15, 0.2) is 24.3 Å². The van der Waals surface area contributed by atoms with E-state index >= 15 is 0 Å². The standard InChI is InChI=1S/C17H27N3O3/c1-12(2)20(13(3)4)10-9-18-17(22)19-15-8-6-7-14(11-15)16(21)23-5/h6-8,11-13H,9-10H2,1-5H3,(H2,18,19,22). The molecule has 0 aliphatic carbocycles. The molecule has 0 aliphatic heterocycles. The van der Waals surface area contributed by atoms with Crippen molar-refractivity contribution < 1.29 is 14.3 Å². The largest absolute Gasteiger partial charge is 0.465 e. The monoisotopic (exact) mass is 321 g/mol. The summed E-state index contributed by atoms with van der Waals surface area (Å²) < 4.78 is 4.66. The molecule has 0 aromatic heterocycles. The van der Waals surface area contributed by atoms with Crippen LogP contribution in [-0.2, 0) is 4.74 Å². The Morgan fingerprint density at radius 3 is 2.39 bits per heavy atom. The average molecular weight is 321 g/mol. The van der Waals surface area contributed by atoms with Crippen LogP contribution in [0.25, 0.3) is 0 Å². The Bertz CT molecular complexity index is 522. The first kappa shape index (κ1) is 19.0. The number of nitrogens with zero attached hydrogens (tertiary/aromatic N) is 1. The van der Waals surface area contributed by atoms with E-state index in [0.717, 1.165) is 6.54 Å². The van der Waals surface area contributed by atoms with Crippen LogP contribution in [0.5, 0.6) is 0 Å². The number of methoxy groups -OCH3 is 1. The molecule has 0 bridgehead atoms. The maximum atomic E-state index is 11.9. The minimum atomic E-state index is -0.432. The van der Waals surface area contributed by atoms with E-state index in [-0.39, 0.29) is 6.03 Å². The van der Waals surface area contributed by atoms with Crippen LogP contribution in [0.4, 0.5) is 10.5 Å². The molecule has 0 aliphatic rings. The van der Waals surface area contributed by atoms with Crippen molar-refractivity contribution in [1.29, 1.82) is 0 Å². The Balaban J connectivity index is 2.49. The molecule has 2 N–H and O–H groups in total. The molecule has 0 radical (unpaired) electrons. The van der Waals surface area contributed by atoms with Gasteiger partial charge in [-0.25, -0.2) is 9.59 Å². The van der Waals surface area contributed by atoms with Gasteiger partial charge in [-0.2, -0.15) is 0 Å². The van der Waals surface area contributed by atoms with Crippen molar-refractivity contribution >= 4 is 17.7 Å². The fraction of sp³-hybridized carbons (Fsp3) is 0.529. The zero-order chi connectivity index (χ0) is 17.4. The van der Waals surface area contributed by atoms with E-state index in [1.54, 1.807) is 24.3 Å². The predicted molar refractivity (Wildman–Crippen MR) is 91.8 cm³/mol. The van der Waals surface area contributed by atoms with Crippen LogP contribution < -0.4 is 10.6 Å². The second-order valence-electron chi connectivity index (χ2n) is 5.88. The molecule has 0 atom stereocenters. The lowest BCUT2D eigenvalue weighted by molar-refractivity contribution is 0.0600. The quantitative estimate of drug-likeness (QED) is 0.758. The van der Waals surface area contributed by atoms with E-state index in [0.29, 0.717) is 29.9 Å². The van der Waals surface area contributed by atoms with Gasteiger partial charge in [0.2, 0.25) is 0 Å². The SMILES string of the molecule is COC(=O)c1cccc(NC(=O)NCCN(C(C)C)C(C)C)c1. The number of hydrogen-bond acceptors (Lipinski definition) is 4. The zero-order valence-corrected chi connectivity index (χ0v) is 14.6. The molecule has 1 rings (SSSR count). The third-order valence-electron chi connectivity index (χ3n) is 3.52. The van der Waals surface area contributed by atoms with Gasteiger partial charge in [0, 0.05) is 30.9 Å². The lowest BCUT2D eigenvalue weighted by Crippen LogP contribution is -2.43. The molecule has 0 fully saturated rings. The number of urea groups is 1. The third kappa shape index (κ3) is 6.28. The molecule has 6 nitrogen and oxygen atoms in total. The van der Waals surface area contributed by atoms with E-state index in [4.69, 9.17) is 0 Å². The maximum absolute atomic E-state index is 11.9. The fourth-order valence-electron chi connectivity index (χ4n) is 2.43. The smallest absolute Gasteiger partial charge is 0.337 e. The molecular formula is C17H27N3O3. The molecule has 0 saturated heterocycles. The van der Waals surface area contributed by atoms with Crippen molar-refractivity contribution in [3.8, 4) is 0 Å². The summed E-state index contributed by atoms with van der Waals surface area (Å²) in [6.45, 7) is 9.89. The zero-order valence-electron chi connectivity index (χ0n) is 14.6. The highest BCUT2D eigenvalue weighted by Crippen LogP contribution is 2.11. The molecule has 23 heavy (non-hydrogen) atoms. The van der Waals surface area contributed by atoms with Crippen LogP contribution >= 0.6 is 0 Å². The van der Waals surface area contributed by atoms with Gasteiger partial charge in [-0.3, -0.25) is 4.90 Å². The molecule has 1 aromatic carbocycles. The Kier molecular flexibility index (Phi) is 7.54. The van der Waals surface area contributed by atoms with Crippen LogP contribution in [0, 0.1) is 0 Å². The van der Waals surface area contributed by atoms with E-state index in [1.165, 1.54) is 7.11 Å². The number of esters is 1. The number of carbonyl (C=O) groups is 2. The van der Waals surface area contributed by atoms with Crippen molar-refractivity contribution in [3.05, 3.63) is 29.8 Å². The Morgan fingerprint density at radius 2 is 1.83 bits per heavy atom. The van der Waals surface area contributed by atoms with Crippen LogP contribution in [0.2, 0.25) is 0 Å². The molecule has 128 valence electrons. The number of hydrogen-bond donors (Lipinski definition) is 2. The van der Waals surface area contributed by atoms with Crippen molar-refractivity contribution in [2.45, 2.75) is 39.8 Å². The van der Waals surface area contributed by atoms with Gasteiger partial charge in [-0.05, 0) is 45.9 Å². The summed E-state index contributed by atoms with van der Waals surface area (Å²) in [4.78, 5) is 25.7. The first-order chi connectivity index (χ1) is 10.8. The summed E-state index contributed by atoms with van der Waals surface area (Å²) in [6, 6.07) is 7.20. The first-order valence-corrected chi connectivity index (χ1v) is 7.84. The second kappa shape index (κ2) is 9.15. The molecule has 0 spiro atoms. The highest BCUT2D eigenvalue weighted by atomic mass is 16.5. The van der Waals surface area contributed by atoms with E-state index in [2.05, 4.69) is 48.0 Å². The average Bonchev–Trinajstić information content (AvgIpc) is 2.50. The van der Waals surface area contributed by atoms with Gasteiger partial charge in [-0.1, -0.05) is 6.07 Å². The third-order valence-corrected chi connectivity index (χ3v) is 3.52. The van der Waals surface area contributed by atoms with Gasteiger partial charge < -0.3 is 15.4 Å². The van der Waals surface area contributed by atoms with Gasteiger partial charge in [0.15, 0.2) is 0 Å². The molecular weight excluding hydrogens is 294 g/mol. The number of carbonyl (C=O) groups excluding carboxylic acids is 2. The van der Waals surface area contributed by atoms with Gasteiger partial charge >= 0.3 is 12.0 Å². The van der Waals surface area contributed by atoms with Crippen LogP contribution in [0.3, 0.4) is 0 Å². The van der Waals surface area contributed by atoms with Crippen molar-refractivity contribution in [1.82, 2.24) is 10.2 Å². The minimum Gasteiger partial charge on any atom is -0.465 e. The Labute approximate surface area is 138 Å². The summed E-state index contributed by atoms with van der Waals surface area (Å²) in [5.41, 5.74) is 0.950. The van der Waals surface area contributed by atoms with Crippen molar-refractivity contribution in [2.75, 3.05) is 25.5 Å². The minimum absolute atomic E-state index is 0.292. The van der Waals surface area contributed by atoms with E-state index < -0.39 is 5.97 Å². The topological polar surface area (TPSA) is 70.7 Å². The van der Waals surface area contributed by atoms with Gasteiger partial charge in [-0.15, -0.1) is 0 Å². The highest BCUT2D eigenvalue weighted by molar-refractivity contribution is 5.93. The number of benzene rings is 1. The lowest BCUT2D eigenvalue weighted by Gasteiger charge is -2.30. The van der Waals surface area contributed by atoms with Gasteiger partial charge in [0.1, 0.15) is 0 Å². The van der Waals surface area contributed by atoms with E-state index in [9.17, 15) is 9.59 Å². The Morgan fingerprint density at radius 1 is 1.17 bits per heavy atom. The normalized spacial score (nSPS) is 11.0. The predicted octanol–water partition coefficient (Wildman–Crippen LogP) is 2.71. The molecule has 0 heterocycles. The molecule has 0 unspecified atom stereocenters. The number of anilines is 1. The Hall–Kier alpha value is -2.08. The van der Waals surface area contributed by atoms with Crippen LogP contribution in [-0.4, -0.2) is 49.2 Å². The molecule has 0 saturated carbocycles. The number of amides is 2. The number of ether oxygens (including phenoxy) is 1. The summed E-state index contributed by atoms with van der Waals surface area (Å²) in [6.07, 6.45) is 0. The summed E-state index contributed by atoms with van der Waals surface area (Å²) in [5.74, 6) is -0.432. The molecule has 2 amide bonds.